The lowest BCUT2D eigenvalue weighted by molar-refractivity contribution is -0.151. The molecular weight excluding hydrogens is 396 g/mol. The molecule has 0 fully saturated rings. The van der Waals surface area contributed by atoms with Crippen LogP contribution in [0.15, 0.2) is 48.5 Å². The topological polar surface area (TPSA) is 35.5 Å². The van der Waals surface area contributed by atoms with E-state index in [1.54, 1.807) is 7.11 Å². The van der Waals surface area contributed by atoms with Crippen molar-refractivity contribution in [1.82, 2.24) is 0 Å². The van der Waals surface area contributed by atoms with E-state index < -0.39 is 5.41 Å². The van der Waals surface area contributed by atoms with Gasteiger partial charge in [0.2, 0.25) is 0 Å². The van der Waals surface area contributed by atoms with Gasteiger partial charge in [0.05, 0.1) is 13.2 Å². The minimum absolute atomic E-state index is 0.191. The molecule has 0 atom stereocenters. The smallest absolute Gasteiger partial charge is 0.323 e. The third-order valence-corrected chi connectivity index (χ3v) is 6.75. The van der Waals surface area contributed by atoms with Gasteiger partial charge in [0.15, 0.2) is 0 Å². The molecule has 0 aromatic heterocycles. The van der Waals surface area contributed by atoms with Crippen molar-refractivity contribution in [3.63, 3.8) is 0 Å². The first kappa shape index (κ1) is 24.5. The van der Waals surface area contributed by atoms with Gasteiger partial charge in [-0.2, -0.15) is 0 Å². The summed E-state index contributed by atoms with van der Waals surface area (Å²) in [7, 11) is 1.66. The maximum Gasteiger partial charge on any atom is 0.323 e. The van der Waals surface area contributed by atoms with Crippen LogP contribution >= 0.6 is 0 Å². The van der Waals surface area contributed by atoms with E-state index in [1.165, 1.54) is 57.8 Å². The van der Waals surface area contributed by atoms with Crippen molar-refractivity contribution in [2.45, 2.75) is 83.0 Å². The number of carbonyl (C=O) groups excluding carboxylic acids is 1. The predicted octanol–water partition coefficient (Wildman–Crippen LogP) is 7.45. The van der Waals surface area contributed by atoms with Gasteiger partial charge in [-0.1, -0.05) is 120 Å². The highest BCUT2D eigenvalue weighted by Crippen LogP contribution is 2.49. The minimum atomic E-state index is -0.875. The largest absolute Gasteiger partial charge is 0.465 e. The molecule has 1 aliphatic carbocycles. The molecule has 0 saturated carbocycles. The molecule has 0 aliphatic heterocycles. The summed E-state index contributed by atoms with van der Waals surface area (Å²) in [6.45, 7) is 3.03. The Morgan fingerprint density at radius 1 is 0.719 bits per heavy atom. The van der Waals surface area contributed by atoms with E-state index in [1.807, 2.05) is 36.4 Å². The monoisotopic (exact) mass is 436 g/mol. The first-order valence-corrected chi connectivity index (χ1v) is 12.6. The minimum Gasteiger partial charge on any atom is -0.465 e. The van der Waals surface area contributed by atoms with Crippen molar-refractivity contribution in [3.8, 4) is 11.1 Å². The van der Waals surface area contributed by atoms with E-state index >= 15 is 0 Å². The summed E-state index contributed by atoms with van der Waals surface area (Å²) < 4.78 is 11.4. The second-order valence-corrected chi connectivity index (χ2v) is 9.10. The number of hydrogen-bond acceptors (Lipinski definition) is 3. The van der Waals surface area contributed by atoms with Gasteiger partial charge in [-0.05, 0) is 28.7 Å². The van der Waals surface area contributed by atoms with Crippen LogP contribution in [-0.4, -0.2) is 26.3 Å². The summed E-state index contributed by atoms with van der Waals surface area (Å²) in [5.74, 6) is -0.191. The maximum absolute atomic E-state index is 13.5. The molecule has 32 heavy (non-hydrogen) atoms. The molecule has 1 aliphatic rings. The van der Waals surface area contributed by atoms with Crippen LogP contribution in [0.3, 0.4) is 0 Å². The summed E-state index contributed by atoms with van der Waals surface area (Å²) in [6, 6.07) is 16.3. The zero-order valence-electron chi connectivity index (χ0n) is 20.0. The van der Waals surface area contributed by atoms with Gasteiger partial charge in [-0.15, -0.1) is 0 Å². The third kappa shape index (κ3) is 5.61. The van der Waals surface area contributed by atoms with Crippen LogP contribution in [0.5, 0.6) is 0 Å². The molecule has 0 amide bonds. The van der Waals surface area contributed by atoms with Gasteiger partial charge in [-0.3, -0.25) is 4.79 Å². The zero-order chi connectivity index (χ0) is 22.7. The fourth-order valence-corrected chi connectivity index (χ4v) is 5.03. The Hall–Kier alpha value is -2.13. The fraction of sp³-hybridized carbons (Fsp3) is 0.552. The van der Waals surface area contributed by atoms with Crippen LogP contribution in [0, 0.1) is 0 Å². The van der Waals surface area contributed by atoms with Crippen molar-refractivity contribution in [2.24, 2.45) is 0 Å². The summed E-state index contributed by atoms with van der Waals surface area (Å²) in [6.07, 6.45) is 14.1. The van der Waals surface area contributed by atoms with Crippen LogP contribution in [0.2, 0.25) is 0 Å². The lowest BCUT2D eigenvalue weighted by Crippen LogP contribution is -2.41. The van der Waals surface area contributed by atoms with E-state index in [-0.39, 0.29) is 12.6 Å². The van der Waals surface area contributed by atoms with Crippen molar-refractivity contribution >= 4 is 5.97 Å². The zero-order valence-corrected chi connectivity index (χ0v) is 20.0. The molecule has 3 rings (SSSR count). The average molecular weight is 437 g/mol. The van der Waals surface area contributed by atoms with E-state index in [0.29, 0.717) is 6.61 Å². The van der Waals surface area contributed by atoms with Crippen LogP contribution in [0.1, 0.15) is 88.7 Å². The molecule has 0 saturated heterocycles. The van der Waals surface area contributed by atoms with Gasteiger partial charge >= 0.3 is 5.97 Å². The van der Waals surface area contributed by atoms with Crippen LogP contribution in [0.4, 0.5) is 0 Å². The fourth-order valence-electron chi connectivity index (χ4n) is 5.03. The van der Waals surface area contributed by atoms with E-state index in [9.17, 15) is 4.79 Å². The number of hydrogen-bond donors (Lipinski definition) is 0. The Labute approximate surface area is 194 Å². The molecule has 2 aromatic rings. The molecule has 0 radical (unpaired) electrons. The number of rotatable bonds is 15. The molecule has 174 valence electrons. The number of ether oxygens (including phenoxy) is 2. The van der Waals surface area contributed by atoms with Crippen molar-refractivity contribution in [1.29, 1.82) is 0 Å². The number of carbonyl (C=O) groups is 1. The highest BCUT2D eigenvalue weighted by molar-refractivity contribution is 5.98. The van der Waals surface area contributed by atoms with E-state index in [0.717, 1.165) is 35.1 Å². The second kappa shape index (κ2) is 12.8. The quantitative estimate of drug-likeness (QED) is 0.215. The highest BCUT2D eigenvalue weighted by atomic mass is 16.5. The Morgan fingerprint density at radius 2 is 1.19 bits per heavy atom. The first-order valence-electron chi connectivity index (χ1n) is 12.6. The van der Waals surface area contributed by atoms with Crippen LogP contribution < -0.4 is 0 Å². The maximum atomic E-state index is 13.5. The molecule has 3 nitrogen and oxygen atoms in total. The molecular formula is C29H40O3. The lowest BCUT2D eigenvalue weighted by Gasteiger charge is -2.29. The van der Waals surface area contributed by atoms with Gasteiger partial charge in [-0.25, -0.2) is 0 Å². The van der Waals surface area contributed by atoms with Gasteiger partial charge in [0.25, 0.3) is 0 Å². The standard InChI is InChI=1S/C29H40O3/c1-3-4-5-6-7-8-9-10-11-12-17-22-32-28(30)29(23-31-2)26-20-15-13-18-24(26)25-19-14-16-21-27(25)29/h13-16,18-21H,3-12,17,22-23H2,1-2H3. The normalized spacial score (nSPS) is 13.6. The van der Waals surface area contributed by atoms with E-state index in [2.05, 4.69) is 19.1 Å². The second-order valence-electron chi connectivity index (χ2n) is 9.10. The lowest BCUT2D eigenvalue weighted by atomic mass is 9.79. The highest BCUT2D eigenvalue weighted by Gasteiger charge is 2.50. The number of esters is 1. The van der Waals surface area contributed by atoms with Crippen LogP contribution in [-0.2, 0) is 19.7 Å². The number of benzene rings is 2. The SMILES string of the molecule is CCCCCCCCCCCCCOC(=O)C1(COC)c2ccccc2-c2ccccc21. The molecule has 2 aromatic carbocycles. The summed E-state index contributed by atoms with van der Waals surface area (Å²) >= 11 is 0. The Bertz CT molecular complexity index is 796. The Balaban J connectivity index is 1.48. The molecule has 0 N–H and O–H groups in total. The number of unbranched alkanes of at least 4 members (excludes halogenated alkanes) is 10. The van der Waals surface area contributed by atoms with Crippen molar-refractivity contribution < 1.29 is 14.3 Å². The summed E-state index contributed by atoms with van der Waals surface area (Å²) in [5.41, 5.74) is 3.32. The average Bonchev–Trinajstić information content (AvgIpc) is 3.11. The predicted molar refractivity (Wildman–Crippen MR) is 132 cm³/mol. The summed E-state index contributed by atoms with van der Waals surface area (Å²) in [4.78, 5) is 13.5. The van der Waals surface area contributed by atoms with E-state index in [4.69, 9.17) is 9.47 Å². The number of methoxy groups -OCH3 is 1. The molecule has 0 spiro atoms. The van der Waals surface area contributed by atoms with Gasteiger partial charge in [0, 0.05) is 7.11 Å². The Morgan fingerprint density at radius 3 is 1.69 bits per heavy atom. The van der Waals surface area contributed by atoms with Gasteiger partial charge in [0.1, 0.15) is 5.41 Å². The van der Waals surface area contributed by atoms with Crippen LogP contribution in [0.25, 0.3) is 11.1 Å². The van der Waals surface area contributed by atoms with Crippen molar-refractivity contribution in [3.05, 3.63) is 59.7 Å². The Kier molecular flexibility index (Phi) is 9.80. The third-order valence-electron chi connectivity index (χ3n) is 6.75. The first-order chi connectivity index (χ1) is 15.8. The summed E-state index contributed by atoms with van der Waals surface area (Å²) in [5, 5.41) is 0. The molecule has 0 unspecified atom stereocenters. The van der Waals surface area contributed by atoms with Gasteiger partial charge < -0.3 is 9.47 Å². The van der Waals surface area contributed by atoms with Crippen molar-refractivity contribution in [2.75, 3.05) is 20.3 Å². The number of fused-ring (bicyclic) bond motifs is 3. The molecule has 0 bridgehead atoms. The molecule has 3 heteroatoms. The molecule has 0 heterocycles.